The van der Waals surface area contributed by atoms with E-state index in [1.165, 1.54) is 44.1 Å². The summed E-state index contributed by atoms with van der Waals surface area (Å²) in [4.78, 5) is 39.8. The number of benzene rings is 1. The summed E-state index contributed by atoms with van der Waals surface area (Å²) in [6, 6.07) is 2.54. The normalized spacial score (nSPS) is 30.1. The van der Waals surface area contributed by atoms with Crippen molar-refractivity contribution in [2.75, 3.05) is 40.5 Å². The van der Waals surface area contributed by atoms with Gasteiger partial charge in [-0.3, -0.25) is 19.3 Å². The number of amides is 1. The zero-order valence-electron chi connectivity index (χ0n) is 23.5. The Morgan fingerprint density at radius 2 is 1.51 bits per heavy atom. The summed E-state index contributed by atoms with van der Waals surface area (Å²) in [5, 5.41) is 100. The molecule has 0 spiro atoms. The van der Waals surface area contributed by atoms with Crippen LogP contribution in [-0.2, 0) is 15.2 Å². The highest BCUT2D eigenvalue weighted by atomic mass is 35.5. The van der Waals surface area contributed by atoms with Crippen molar-refractivity contribution in [3.8, 4) is 5.75 Å². The number of carbonyl (C=O) groups excluding carboxylic acids is 3. The number of fused-ring (bicyclic) bond motifs is 3. The maximum Gasteiger partial charge on any atom is 0.255 e. The molecule has 43 heavy (non-hydrogen) atoms. The van der Waals surface area contributed by atoms with Crippen LogP contribution in [0.15, 0.2) is 40.9 Å². The molecule has 15 nitrogen and oxygen atoms in total. The van der Waals surface area contributed by atoms with E-state index in [9.17, 15) is 45.0 Å². The van der Waals surface area contributed by atoms with E-state index in [0.29, 0.717) is 0 Å². The molecule has 1 amide bonds. The fraction of sp³-hybridized carbons (Fsp3) is 0.519. The lowest BCUT2D eigenvalue weighted by molar-refractivity contribution is -0.173. The number of aliphatic hydroxyl groups is 9. The van der Waals surface area contributed by atoms with Crippen LogP contribution in [0.25, 0.3) is 0 Å². The number of aromatic hydroxyl groups is 1. The molecule has 0 unspecified atom stereocenters. The van der Waals surface area contributed by atoms with E-state index in [2.05, 4.69) is 0 Å². The second-order valence-corrected chi connectivity index (χ2v) is 11.2. The number of phenolic OH excluding ortho intramolecular Hbond substituents is 1. The molecular weight excluding hydrogens is 596 g/mol. The number of hydrogen-bond donors (Lipinski definition) is 11. The van der Waals surface area contributed by atoms with Crippen LogP contribution in [0.3, 0.4) is 0 Å². The van der Waals surface area contributed by atoms with Crippen LogP contribution in [0.1, 0.15) is 22.8 Å². The maximum atomic E-state index is 13.3. The van der Waals surface area contributed by atoms with Crippen LogP contribution in [0.2, 0.25) is 0 Å². The average molecular weight is 633 g/mol. The molecule has 3 aliphatic rings. The first-order valence-corrected chi connectivity index (χ1v) is 12.8. The molecule has 240 valence electrons. The minimum absolute atomic E-state index is 0. The standard InChI is InChI=1S/C22H24N2O9.C5H12O4.ClH/c1-21(32)7-5-4-6-8(25)9(7)15(26)10-12(21)17(28)13-14(24(2)3)16(27)11(20(23)31)19(30)22(13,33)18(10)29;6-1-5(2-7,3-8)4-9;/h4-6,12-14,17,25,27-29,32-33H,1-3H3,(H2,23,31);6-9H,1-4H2;1H/t12-,13-,14+,17+,21-,22+;;/m1../s1. The minimum atomic E-state index is -3.02. The summed E-state index contributed by atoms with van der Waals surface area (Å²) in [6.07, 6.45) is -1.87. The summed E-state index contributed by atoms with van der Waals surface area (Å²) in [5.74, 6) is -9.66. The highest BCUT2D eigenvalue weighted by Crippen LogP contribution is 2.56. The van der Waals surface area contributed by atoms with Crippen molar-refractivity contribution in [3.05, 3.63) is 52.0 Å². The number of rotatable bonds is 6. The Morgan fingerprint density at radius 3 is 1.93 bits per heavy atom. The number of nitrogens with two attached hydrogens (primary N) is 1. The fourth-order valence-corrected chi connectivity index (χ4v) is 5.90. The van der Waals surface area contributed by atoms with Gasteiger partial charge in [0.15, 0.2) is 11.4 Å². The fourth-order valence-electron chi connectivity index (χ4n) is 5.90. The van der Waals surface area contributed by atoms with E-state index in [1.54, 1.807) is 0 Å². The van der Waals surface area contributed by atoms with E-state index in [-0.39, 0.29) is 23.5 Å². The smallest absolute Gasteiger partial charge is 0.255 e. The number of halogens is 1. The topological polar surface area (TPSA) is 283 Å². The van der Waals surface area contributed by atoms with Crippen LogP contribution >= 0.6 is 12.4 Å². The average Bonchev–Trinajstić information content (AvgIpc) is 2.92. The first-order chi connectivity index (χ1) is 19.4. The summed E-state index contributed by atoms with van der Waals surface area (Å²) >= 11 is 0. The van der Waals surface area contributed by atoms with Crippen molar-refractivity contribution in [1.82, 2.24) is 4.90 Å². The van der Waals surface area contributed by atoms with Gasteiger partial charge in [-0.05, 0) is 32.6 Å². The van der Waals surface area contributed by atoms with Crippen LogP contribution in [0.4, 0.5) is 0 Å². The molecule has 0 aliphatic heterocycles. The van der Waals surface area contributed by atoms with E-state index in [0.717, 1.165) is 0 Å². The lowest BCUT2D eigenvalue weighted by Gasteiger charge is -2.55. The first kappa shape index (κ1) is 36.1. The van der Waals surface area contributed by atoms with Gasteiger partial charge < -0.3 is 56.8 Å². The summed E-state index contributed by atoms with van der Waals surface area (Å²) in [5.41, 5.74) is -2.99. The molecule has 16 heteroatoms. The molecule has 12 N–H and O–H groups in total. The molecule has 0 fully saturated rings. The number of phenols is 1. The summed E-state index contributed by atoms with van der Waals surface area (Å²) in [7, 11) is 2.85. The van der Waals surface area contributed by atoms with E-state index in [1.807, 2.05) is 0 Å². The van der Waals surface area contributed by atoms with Crippen molar-refractivity contribution in [3.63, 3.8) is 0 Å². The van der Waals surface area contributed by atoms with Gasteiger partial charge in [0.05, 0.1) is 72.6 Å². The van der Waals surface area contributed by atoms with E-state index in [4.69, 9.17) is 26.2 Å². The third-order valence-electron chi connectivity index (χ3n) is 8.38. The van der Waals surface area contributed by atoms with Crippen LogP contribution in [0, 0.1) is 17.3 Å². The van der Waals surface area contributed by atoms with E-state index < -0.39 is 113 Å². The quantitative estimate of drug-likeness (QED) is 0.141. The van der Waals surface area contributed by atoms with E-state index >= 15 is 0 Å². The number of carbonyl (C=O) groups is 3. The van der Waals surface area contributed by atoms with Gasteiger partial charge in [0.25, 0.3) is 5.91 Å². The molecule has 4 rings (SSSR count). The van der Waals surface area contributed by atoms with Crippen molar-refractivity contribution < 1.29 is 65.4 Å². The number of ketones is 2. The Balaban J connectivity index is 0.000000563. The molecule has 0 bridgehead atoms. The van der Waals surface area contributed by atoms with Gasteiger partial charge in [-0.25, -0.2) is 0 Å². The second kappa shape index (κ2) is 12.5. The molecule has 0 radical (unpaired) electrons. The number of likely N-dealkylation sites (N-methyl/N-ethyl adjacent to an activating group) is 1. The predicted octanol–water partition coefficient (Wildman–Crippen LogP) is -2.88. The Hall–Kier alpha value is -3.12. The third-order valence-corrected chi connectivity index (χ3v) is 8.38. The Bertz CT molecular complexity index is 1340. The summed E-state index contributed by atoms with van der Waals surface area (Å²) in [6.45, 7) is -0.372. The Morgan fingerprint density at radius 1 is 1.00 bits per heavy atom. The van der Waals surface area contributed by atoms with Gasteiger partial charge in [0.1, 0.15) is 22.8 Å². The van der Waals surface area contributed by atoms with Crippen molar-refractivity contribution in [2.45, 2.75) is 30.3 Å². The molecule has 0 heterocycles. The Kier molecular flexibility index (Phi) is 10.5. The number of Topliss-reactive ketones (excluding diaryl/α,β-unsaturated/α-hetero) is 2. The SMILES string of the molecule is CN(C)[C@@H]1C(O)=C(C(N)=O)C(=O)[C@@]2(O)C(O)=C3C(=O)c4c(O)cccc4[C@@](C)(O)[C@H]3[C@H](O)[C@@H]12.Cl.OCC(CO)(CO)CO. The number of nitrogens with zero attached hydrogens (tertiary/aromatic N) is 1. The number of primary amides is 1. The van der Waals surface area contributed by atoms with Crippen LogP contribution in [0.5, 0.6) is 5.75 Å². The summed E-state index contributed by atoms with van der Waals surface area (Å²) < 4.78 is 0. The predicted molar refractivity (Wildman–Crippen MR) is 149 cm³/mol. The molecule has 6 atom stereocenters. The molecular formula is C27H37ClN2O13. The van der Waals surface area contributed by atoms with Gasteiger partial charge in [-0.2, -0.15) is 0 Å². The van der Waals surface area contributed by atoms with Crippen LogP contribution < -0.4 is 5.73 Å². The highest BCUT2D eigenvalue weighted by Gasteiger charge is 2.69. The Labute approximate surface area is 251 Å². The molecule has 1 aromatic carbocycles. The van der Waals surface area contributed by atoms with Gasteiger partial charge in [0, 0.05) is 0 Å². The van der Waals surface area contributed by atoms with Gasteiger partial charge in [-0.15, -0.1) is 12.4 Å². The molecule has 0 saturated heterocycles. The molecule has 0 aromatic heterocycles. The molecule has 1 aromatic rings. The number of hydrogen-bond acceptors (Lipinski definition) is 14. The lowest BCUT2D eigenvalue weighted by atomic mass is 9.54. The van der Waals surface area contributed by atoms with Gasteiger partial charge in [0.2, 0.25) is 5.78 Å². The van der Waals surface area contributed by atoms with Crippen LogP contribution in [-0.4, -0.2) is 132 Å². The maximum absolute atomic E-state index is 13.3. The zero-order chi connectivity index (χ0) is 32.1. The molecule has 3 aliphatic carbocycles. The largest absolute Gasteiger partial charge is 0.510 e. The highest BCUT2D eigenvalue weighted by molar-refractivity contribution is 6.25. The van der Waals surface area contributed by atoms with Crippen molar-refractivity contribution in [1.29, 1.82) is 0 Å². The monoisotopic (exact) mass is 632 g/mol. The lowest BCUT2D eigenvalue weighted by Crippen LogP contribution is -2.70. The number of aliphatic hydroxyl groups excluding tert-OH is 7. The third kappa shape index (κ3) is 5.20. The minimum Gasteiger partial charge on any atom is -0.510 e. The van der Waals surface area contributed by atoms with Crippen molar-refractivity contribution >= 4 is 29.9 Å². The van der Waals surface area contributed by atoms with Crippen molar-refractivity contribution in [2.24, 2.45) is 23.0 Å². The second-order valence-electron chi connectivity index (χ2n) is 11.2. The molecule has 0 saturated carbocycles. The zero-order valence-corrected chi connectivity index (χ0v) is 24.3. The van der Waals surface area contributed by atoms with Gasteiger partial charge in [-0.1, -0.05) is 12.1 Å². The van der Waals surface area contributed by atoms with Gasteiger partial charge >= 0.3 is 0 Å². The first-order valence-electron chi connectivity index (χ1n) is 12.8.